The van der Waals surface area contributed by atoms with Crippen molar-refractivity contribution in [2.45, 2.75) is 18.9 Å². The second-order valence-corrected chi connectivity index (χ2v) is 6.35. The largest absolute Gasteiger partial charge is 0.361 e. The molecule has 1 fully saturated rings. The van der Waals surface area contributed by atoms with Crippen molar-refractivity contribution in [3.63, 3.8) is 0 Å². The lowest BCUT2D eigenvalue weighted by molar-refractivity contribution is 0.323. The zero-order chi connectivity index (χ0) is 16.2. The van der Waals surface area contributed by atoms with E-state index in [9.17, 15) is 0 Å². The van der Waals surface area contributed by atoms with Gasteiger partial charge in [0.1, 0.15) is 12.1 Å². The minimum absolute atomic E-state index is 0.225. The summed E-state index contributed by atoms with van der Waals surface area (Å²) in [5.41, 5.74) is 2.27. The second kappa shape index (κ2) is 6.97. The molecule has 122 valence electrons. The molecule has 1 atom stereocenters. The first kappa shape index (κ1) is 15.1. The van der Waals surface area contributed by atoms with Crippen LogP contribution in [0, 0.1) is 0 Å². The summed E-state index contributed by atoms with van der Waals surface area (Å²) in [6, 6.07) is 19.0. The number of anilines is 1. The summed E-state index contributed by atoms with van der Waals surface area (Å²) < 4.78 is 0. The smallest absolute Gasteiger partial charge is 0.137 e. The van der Waals surface area contributed by atoms with Crippen molar-refractivity contribution in [3.8, 4) is 0 Å². The van der Waals surface area contributed by atoms with E-state index in [4.69, 9.17) is 0 Å². The molecule has 0 radical (unpaired) electrons. The van der Waals surface area contributed by atoms with Crippen LogP contribution in [0.4, 0.5) is 5.82 Å². The highest BCUT2D eigenvalue weighted by molar-refractivity contribution is 5.88. The van der Waals surface area contributed by atoms with Crippen molar-refractivity contribution in [3.05, 3.63) is 66.5 Å². The number of nitrogens with one attached hydrogen (secondary N) is 1. The van der Waals surface area contributed by atoms with E-state index in [-0.39, 0.29) is 6.04 Å². The molecule has 1 N–H and O–H groups in total. The molecule has 0 bridgehead atoms. The summed E-state index contributed by atoms with van der Waals surface area (Å²) in [5, 5.41) is 4.74. The maximum Gasteiger partial charge on any atom is 0.137 e. The number of aromatic nitrogens is 2. The van der Waals surface area contributed by atoms with E-state index in [1.807, 2.05) is 18.2 Å². The van der Waals surface area contributed by atoms with Gasteiger partial charge in [-0.2, -0.15) is 0 Å². The lowest BCUT2D eigenvalue weighted by atomic mass is 10.1. The van der Waals surface area contributed by atoms with Crippen molar-refractivity contribution in [1.82, 2.24) is 14.9 Å². The molecule has 4 nitrogen and oxygen atoms in total. The van der Waals surface area contributed by atoms with Crippen LogP contribution in [0.5, 0.6) is 0 Å². The maximum absolute atomic E-state index is 4.51. The SMILES string of the molecule is c1ccc([C@@H](CN2CCCC2)Nc2ncnc3ccccc23)cc1. The summed E-state index contributed by atoms with van der Waals surface area (Å²) in [6.07, 6.45) is 4.25. The van der Waals surface area contributed by atoms with Gasteiger partial charge in [-0.25, -0.2) is 9.97 Å². The van der Waals surface area contributed by atoms with E-state index in [1.165, 1.54) is 31.5 Å². The molecule has 1 aliphatic heterocycles. The predicted octanol–water partition coefficient (Wildman–Crippen LogP) is 3.88. The Morgan fingerprint density at radius 1 is 0.917 bits per heavy atom. The summed E-state index contributed by atoms with van der Waals surface area (Å²) in [6.45, 7) is 3.38. The zero-order valence-corrected chi connectivity index (χ0v) is 13.7. The van der Waals surface area contributed by atoms with Crippen LogP contribution in [0.2, 0.25) is 0 Å². The Bertz CT molecular complexity index is 792. The fraction of sp³-hybridized carbons (Fsp3) is 0.300. The van der Waals surface area contributed by atoms with E-state index in [0.29, 0.717) is 0 Å². The monoisotopic (exact) mass is 318 g/mol. The molecule has 4 heteroatoms. The predicted molar refractivity (Wildman–Crippen MR) is 98.0 cm³/mol. The average molecular weight is 318 g/mol. The van der Waals surface area contributed by atoms with Gasteiger partial charge in [0.15, 0.2) is 0 Å². The number of hydrogen-bond acceptors (Lipinski definition) is 4. The molecule has 1 saturated heterocycles. The van der Waals surface area contributed by atoms with Gasteiger partial charge < -0.3 is 10.2 Å². The Morgan fingerprint density at radius 2 is 1.67 bits per heavy atom. The van der Waals surface area contributed by atoms with Crippen LogP contribution < -0.4 is 5.32 Å². The number of likely N-dealkylation sites (tertiary alicyclic amines) is 1. The normalized spacial score (nSPS) is 16.3. The van der Waals surface area contributed by atoms with Crippen molar-refractivity contribution in [1.29, 1.82) is 0 Å². The minimum Gasteiger partial charge on any atom is -0.361 e. The fourth-order valence-electron chi connectivity index (χ4n) is 3.43. The van der Waals surface area contributed by atoms with E-state index in [2.05, 4.69) is 56.6 Å². The molecule has 0 saturated carbocycles. The number of fused-ring (bicyclic) bond motifs is 1. The Kier molecular flexibility index (Phi) is 4.38. The van der Waals surface area contributed by atoms with Gasteiger partial charge in [-0.3, -0.25) is 0 Å². The Morgan fingerprint density at radius 3 is 2.50 bits per heavy atom. The molecule has 4 rings (SSSR count). The number of rotatable bonds is 5. The lowest BCUT2D eigenvalue weighted by Gasteiger charge is -2.25. The third kappa shape index (κ3) is 3.24. The highest BCUT2D eigenvalue weighted by atomic mass is 15.2. The lowest BCUT2D eigenvalue weighted by Crippen LogP contribution is -2.29. The molecular weight excluding hydrogens is 296 g/mol. The van der Waals surface area contributed by atoms with E-state index in [1.54, 1.807) is 6.33 Å². The first-order valence-electron chi connectivity index (χ1n) is 8.64. The van der Waals surface area contributed by atoms with Crippen LogP contribution in [0.15, 0.2) is 60.9 Å². The molecule has 24 heavy (non-hydrogen) atoms. The third-order valence-electron chi connectivity index (χ3n) is 4.70. The van der Waals surface area contributed by atoms with Gasteiger partial charge in [-0.15, -0.1) is 0 Å². The summed E-state index contributed by atoms with van der Waals surface area (Å²) in [5.74, 6) is 0.911. The molecule has 2 aromatic carbocycles. The first-order chi connectivity index (χ1) is 11.9. The van der Waals surface area contributed by atoms with Crippen molar-refractivity contribution in [2.24, 2.45) is 0 Å². The number of nitrogens with zero attached hydrogens (tertiary/aromatic N) is 3. The topological polar surface area (TPSA) is 41.0 Å². The fourth-order valence-corrected chi connectivity index (χ4v) is 3.43. The molecular formula is C20H22N4. The van der Waals surface area contributed by atoms with Gasteiger partial charge in [0.2, 0.25) is 0 Å². The van der Waals surface area contributed by atoms with Crippen molar-refractivity contribution >= 4 is 16.7 Å². The molecule has 0 aliphatic carbocycles. The van der Waals surface area contributed by atoms with Gasteiger partial charge in [0.05, 0.1) is 11.6 Å². The third-order valence-corrected chi connectivity index (χ3v) is 4.70. The summed E-state index contributed by atoms with van der Waals surface area (Å²) >= 11 is 0. The molecule has 0 amide bonds. The summed E-state index contributed by atoms with van der Waals surface area (Å²) in [4.78, 5) is 11.4. The zero-order valence-electron chi connectivity index (χ0n) is 13.7. The molecule has 0 unspecified atom stereocenters. The van der Waals surface area contributed by atoms with Crippen LogP contribution in [-0.4, -0.2) is 34.5 Å². The van der Waals surface area contributed by atoms with Gasteiger partial charge in [0, 0.05) is 11.9 Å². The van der Waals surface area contributed by atoms with Crippen LogP contribution in [0.1, 0.15) is 24.4 Å². The van der Waals surface area contributed by atoms with Crippen LogP contribution in [0.25, 0.3) is 10.9 Å². The Hall–Kier alpha value is -2.46. The average Bonchev–Trinajstić information content (AvgIpc) is 3.15. The standard InChI is InChI=1S/C20H22N4/c1-2-8-16(9-3-1)19(14-24-12-6-7-13-24)23-20-17-10-4-5-11-18(17)21-15-22-20/h1-5,8-11,15,19H,6-7,12-14H2,(H,21,22,23)/t19-/m1/s1. The van der Waals surface area contributed by atoms with Crippen molar-refractivity contribution < 1.29 is 0 Å². The minimum atomic E-state index is 0.225. The van der Waals surface area contributed by atoms with Gasteiger partial charge in [-0.05, 0) is 43.6 Å². The van der Waals surface area contributed by atoms with E-state index in [0.717, 1.165) is 23.3 Å². The van der Waals surface area contributed by atoms with Gasteiger partial charge in [0.25, 0.3) is 0 Å². The van der Waals surface area contributed by atoms with Gasteiger partial charge in [-0.1, -0.05) is 42.5 Å². The number of benzene rings is 2. The molecule has 0 spiro atoms. The van der Waals surface area contributed by atoms with E-state index >= 15 is 0 Å². The maximum atomic E-state index is 4.51. The quantitative estimate of drug-likeness (QED) is 0.775. The van der Waals surface area contributed by atoms with E-state index < -0.39 is 0 Å². The van der Waals surface area contributed by atoms with Crippen molar-refractivity contribution in [2.75, 3.05) is 25.0 Å². The highest BCUT2D eigenvalue weighted by Crippen LogP contribution is 2.25. The molecule has 2 heterocycles. The number of hydrogen-bond donors (Lipinski definition) is 1. The Balaban J connectivity index is 1.65. The molecule has 1 aromatic heterocycles. The van der Waals surface area contributed by atoms with Crippen LogP contribution in [0.3, 0.4) is 0 Å². The first-order valence-corrected chi connectivity index (χ1v) is 8.64. The molecule has 3 aromatic rings. The number of para-hydroxylation sites is 1. The molecule has 1 aliphatic rings. The highest BCUT2D eigenvalue weighted by Gasteiger charge is 2.20. The van der Waals surface area contributed by atoms with Crippen LogP contribution in [-0.2, 0) is 0 Å². The summed E-state index contributed by atoms with van der Waals surface area (Å²) in [7, 11) is 0. The second-order valence-electron chi connectivity index (χ2n) is 6.35. The Labute approximate surface area is 142 Å². The van der Waals surface area contributed by atoms with Gasteiger partial charge >= 0.3 is 0 Å². The van der Waals surface area contributed by atoms with Crippen LogP contribution >= 0.6 is 0 Å².